The Hall–Kier alpha value is -3.42. The van der Waals surface area contributed by atoms with Crippen molar-refractivity contribution in [2.75, 3.05) is 24.2 Å². The van der Waals surface area contributed by atoms with Gasteiger partial charge in [-0.05, 0) is 80.8 Å². The number of sulfonamides is 1. The third kappa shape index (κ3) is 7.37. The Balaban J connectivity index is 1.36. The van der Waals surface area contributed by atoms with E-state index >= 15 is 0 Å². The van der Waals surface area contributed by atoms with Gasteiger partial charge in [0.2, 0.25) is 10.0 Å². The third-order valence-electron chi connectivity index (χ3n) is 7.82. The van der Waals surface area contributed by atoms with Gasteiger partial charge in [-0.25, -0.2) is 17.9 Å². The van der Waals surface area contributed by atoms with E-state index in [9.17, 15) is 18.0 Å². The molecule has 1 heterocycles. The predicted molar refractivity (Wildman–Crippen MR) is 151 cm³/mol. The molecule has 2 fully saturated rings. The number of hydrogen-bond donors (Lipinski definition) is 3. The van der Waals surface area contributed by atoms with Gasteiger partial charge in [0.15, 0.2) is 0 Å². The molecule has 0 radical (unpaired) electrons. The van der Waals surface area contributed by atoms with E-state index < -0.39 is 16.1 Å². The Morgan fingerprint density at radius 3 is 2.31 bits per heavy atom. The van der Waals surface area contributed by atoms with Gasteiger partial charge >= 0.3 is 6.03 Å². The summed E-state index contributed by atoms with van der Waals surface area (Å²) < 4.78 is 26.9. The molecular weight excluding hydrogens is 514 g/mol. The van der Waals surface area contributed by atoms with Gasteiger partial charge < -0.3 is 15.5 Å². The van der Waals surface area contributed by atoms with Crippen molar-refractivity contribution in [3.05, 3.63) is 64.7 Å². The normalized spacial score (nSPS) is 20.2. The van der Waals surface area contributed by atoms with Crippen LogP contribution in [0.4, 0.5) is 10.5 Å². The van der Waals surface area contributed by atoms with Crippen LogP contribution in [0.25, 0.3) is 0 Å². The molecule has 4 rings (SSSR count). The molecule has 9 nitrogen and oxygen atoms in total. The summed E-state index contributed by atoms with van der Waals surface area (Å²) in [6.45, 7) is 4.73. The molecule has 39 heavy (non-hydrogen) atoms. The number of nitrogens with one attached hydrogen (secondary N) is 3. The molecule has 3 N–H and O–H groups in total. The van der Waals surface area contributed by atoms with E-state index in [1.165, 1.54) is 5.56 Å². The summed E-state index contributed by atoms with van der Waals surface area (Å²) in [6.07, 6.45) is 4.89. The van der Waals surface area contributed by atoms with Crippen molar-refractivity contribution in [1.82, 2.24) is 14.9 Å². The van der Waals surface area contributed by atoms with Gasteiger partial charge in [-0.3, -0.25) is 4.79 Å². The molecule has 1 aliphatic heterocycles. The first-order chi connectivity index (χ1) is 18.7. The number of nitriles is 1. The maximum absolute atomic E-state index is 13.3. The maximum Gasteiger partial charge on any atom is 0.319 e. The van der Waals surface area contributed by atoms with Crippen LogP contribution in [0, 0.1) is 18.3 Å². The lowest BCUT2D eigenvalue weighted by Crippen LogP contribution is -2.54. The quantitative estimate of drug-likeness (QED) is 0.473. The summed E-state index contributed by atoms with van der Waals surface area (Å²) in [5.41, 5.74) is 3.72. The van der Waals surface area contributed by atoms with Gasteiger partial charge in [-0.15, -0.1) is 0 Å². The van der Waals surface area contributed by atoms with E-state index in [0.717, 1.165) is 31.2 Å². The molecule has 0 bridgehead atoms. The van der Waals surface area contributed by atoms with Gasteiger partial charge in [0.1, 0.15) is 0 Å². The Morgan fingerprint density at radius 1 is 1.00 bits per heavy atom. The monoisotopic (exact) mass is 551 g/mol. The van der Waals surface area contributed by atoms with Crippen LogP contribution in [0.5, 0.6) is 0 Å². The average molecular weight is 552 g/mol. The van der Waals surface area contributed by atoms with Crippen molar-refractivity contribution in [2.45, 2.75) is 70.4 Å². The van der Waals surface area contributed by atoms with Crippen molar-refractivity contribution < 1.29 is 18.0 Å². The first kappa shape index (κ1) is 28.6. The Bertz CT molecular complexity index is 1330. The fraction of sp³-hybridized carbons (Fsp3) is 0.483. The molecule has 208 valence electrons. The van der Waals surface area contributed by atoms with Crippen molar-refractivity contribution in [2.24, 2.45) is 0 Å². The molecular formula is C29H37N5O4S. The summed E-state index contributed by atoms with van der Waals surface area (Å²) >= 11 is 0. The number of urea groups is 1. The van der Waals surface area contributed by atoms with E-state index in [0.29, 0.717) is 48.7 Å². The number of rotatable bonds is 7. The number of hydrogen-bond acceptors (Lipinski definition) is 5. The number of piperidine rings is 1. The number of aryl methyl sites for hydroxylation is 1. The number of amides is 3. The number of benzene rings is 2. The number of nitrogens with zero attached hydrogens (tertiary/aromatic N) is 2. The van der Waals surface area contributed by atoms with Crippen LogP contribution in [0.3, 0.4) is 0 Å². The second-order valence-corrected chi connectivity index (χ2v) is 12.5. The van der Waals surface area contributed by atoms with E-state index in [1.54, 1.807) is 19.1 Å². The molecule has 1 aliphatic carbocycles. The highest BCUT2D eigenvalue weighted by Gasteiger charge is 2.30. The molecule has 2 aromatic carbocycles. The molecule has 2 atom stereocenters. The standard InChI is InChI=1S/C29H37N5O4S/c1-3-39(37,38)33-26-7-5-4-6-25(26)31-29(36)32-27-18-24(11-8-20(27)2)28(35)34-16-14-23(15-17-34)22-12-9-21(19-30)10-13-22/h8-13,18,23,25-26,33H,3-7,14-17H2,1-2H3,(H2,31,32,36)/t25-,26-/m1/s1. The second-order valence-electron chi connectivity index (χ2n) is 10.4. The third-order valence-corrected chi connectivity index (χ3v) is 9.24. The molecule has 1 saturated carbocycles. The Labute approximate surface area is 231 Å². The molecule has 3 amide bonds. The molecule has 2 aromatic rings. The summed E-state index contributed by atoms with van der Waals surface area (Å²) in [5.74, 6) is 0.277. The average Bonchev–Trinajstić information content (AvgIpc) is 2.95. The SMILES string of the molecule is CCS(=O)(=O)N[C@@H]1CCCC[C@H]1NC(=O)Nc1cc(C(=O)N2CCC(c3ccc(C#N)cc3)CC2)ccc1C. The zero-order valence-electron chi connectivity index (χ0n) is 22.6. The van der Waals surface area contributed by atoms with Crippen molar-refractivity contribution in [3.8, 4) is 6.07 Å². The van der Waals surface area contributed by atoms with Crippen molar-refractivity contribution in [1.29, 1.82) is 5.26 Å². The van der Waals surface area contributed by atoms with E-state index in [4.69, 9.17) is 5.26 Å². The van der Waals surface area contributed by atoms with Crippen LogP contribution in [0.2, 0.25) is 0 Å². The van der Waals surface area contributed by atoms with Crippen LogP contribution in [0.15, 0.2) is 42.5 Å². The fourth-order valence-electron chi connectivity index (χ4n) is 5.40. The maximum atomic E-state index is 13.3. The first-order valence-electron chi connectivity index (χ1n) is 13.7. The minimum atomic E-state index is -3.38. The summed E-state index contributed by atoms with van der Waals surface area (Å²) in [4.78, 5) is 28.0. The smallest absolute Gasteiger partial charge is 0.319 e. The number of carbonyl (C=O) groups is 2. The second kappa shape index (κ2) is 12.6. The summed E-state index contributed by atoms with van der Waals surface area (Å²) in [7, 11) is -3.38. The minimum Gasteiger partial charge on any atom is -0.339 e. The minimum absolute atomic E-state index is 0.00442. The molecule has 10 heteroatoms. The molecule has 0 spiro atoms. The van der Waals surface area contributed by atoms with E-state index in [1.807, 2.05) is 42.2 Å². The zero-order chi connectivity index (χ0) is 28.0. The van der Waals surface area contributed by atoms with Gasteiger partial charge in [0.25, 0.3) is 5.91 Å². The van der Waals surface area contributed by atoms with Crippen LogP contribution in [-0.4, -0.2) is 56.2 Å². The van der Waals surface area contributed by atoms with Crippen molar-refractivity contribution >= 4 is 27.6 Å². The van der Waals surface area contributed by atoms with Gasteiger partial charge in [0.05, 0.1) is 17.4 Å². The lowest BCUT2D eigenvalue weighted by Gasteiger charge is -2.33. The largest absolute Gasteiger partial charge is 0.339 e. The zero-order valence-corrected chi connectivity index (χ0v) is 23.4. The summed E-state index contributed by atoms with van der Waals surface area (Å²) in [6, 6.07) is 14.1. The van der Waals surface area contributed by atoms with E-state index in [2.05, 4.69) is 21.4 Å². The lowest BCUT2D eigenvalue weighted by atomic mass is 9.89. The number of likely N-dealkylation sites (tertiary alicyclic amines) is 1. The van der Waals surface area contributed by atoms with Crippen LogP contribution in [-0.2, 0) is 10.0 Å². The molecule has 0 unspecified atom stereocenters. The Morgan fingerprint density at radius 2 is 1.67 bits per heavy atom. The van der Waals surface area contributed by atoms with Gasteiger partial charge in [-0.2, -0.15) is 5.26 Å². The fourth-order valence-corrected chi connectivity index (χ4v) is 6.31. The van der Waals surface area contributed by atoms with Gasteiger partial charge in [-0.1, -0.05) is 31.0 Å². The highest BCUT2D eigenvalue weighted by atomic mass is 32.2. The number of carbonyl (C=O) groups excluding carboxylic acids is 2. The first-order valence-corrected chi connectivity index (χ1v) is 15.3. The molecule has 1 saturated heterocycles. The highest BCUT2D eigenvalue weighted by Crippen LogP contribution is 2.29. The Kier molecular flexibility index (Phi) is 9.25. The van der Waals surface area contributed by atoms with E-state index in [-0.39, 0.29) is 23.7 Å². The van der Waals surface area contributed by atoms with Gasteiger partial charge in [0, 0.05) is 36.4 Å². The molecule has 0 aromatic heterocycles. The number of anilines is 1. The molecule has 2 aliphatic rings. The van der Waals surface area contributed by atoms with Crippen LogP contribution in [0.1, 0.15) is 78.4 Å². The predicted octanol–water partition coefficient (Wildman–Crippen LogP) is 4.26. The van der Waals surface area contributed by atoms with Crippen LogP contribution < -0.4 is 15.4 Å². The topological polar surface area (TPSA) is 131 Å². The van der Waals surface area contributed by atoms with Crippen LogP contribution >= 0.6 is 0 Å². The van der Waals surface area contributed by atoms with Crippen molar-refractivity contribution in [3.63, 3.8) is 0 Å². The lowest BCUT2D eigenvalue weighted by molar-refractivity contribution is 0.0713. The summed E-state index contributed by atoms with van der Waals surface area (Å²) in [5, 5.41) is 14.8. The highest BCUT2D eigenvalue weighted by molar-refractivity contribution is 7.89.